The second-order valence-corrected chi connectivity index (χ2v) is 24.8. The molecule has 68 heavy (non-hydrogen) atoms. The van der Waals surface area contributed by atoms with Crippen LogP contribution in [0.2, 0.25) is 0 Å². The minimum atomic E-state index is -3.69. The molecule has 12 heteroatoms. The first kappa shape index (κ1) is 43.5. The van der Waals surface area contributed by atoms with Gasteiger partial charge in [0.2, 0.25) is 0 Å². The first-order chi connectivity index (χ1) is 32.9. The molecule has 0 saturated carbocycles. The molecule has 0 fully saturated rings. The lowest BCUT2D eigenvalue weighted by Crippen LogP contribution is -2.23. The molecule has 0 N–H and O–H groups in total. The summed E-state index contributed by atoms with van der Waals surface area (Å²) in [6.07, 6.45) is 1.69. The fourth-order valence-electron chi connectivity index (χ4n) is 9.97. The second-order valence-electron chi connectivity index (χ2n) is 17.8. The van der Waals surface area contributed by atoms with E-state index in [0.29, 0.717) is 55.6 Å². The molecule has 0 bridgehead atoms. The number of rotatable bonds is 10. The van der Waals surface area contributed by atoms with Gasteiger partial charge in [-0.2, -0.15) is 0 Å². The van der Waals surface area contributed by atoms with E-state index in [1.165, 1.54) is 0 Å². The largest absolute Gasteiger partial charge is 0.496 e. The molecule has 3 heterocycles. The maximum Gasteiger partial charge on any atom is 0.292 e. The van der Waals surface area contributed by atoms with Crippen LogP contribution in [0.25, 0.3) is 33.4 Å². The number of para-hydroxylation sites is 3. The molecule has 0 amide bonds. The predicted octanol–water partition coefficient (Wildman–Crippen LogP) is 13.4. The van der Waals surface area contributed by atoms with Crippen molar-refractivity contribution in [3.8, 4) is 68.4 Å². The summed E-state index contributed by atoms with van der Waals surface area (Å²) in [7, 11) is -9.44. The molecule has 8 aromatic carbocycles. The number of hydrogen-bond acceptors (Lipinski definition) is 9. The molecule has 3 atom stereocenters. The molecule has 0 radical (unpaired) electrons. The van der Waals surface area contributed by atoms with Crippen LogP contribution in [0.1, 0.15) is 41.7 Å². The van der Waals surface area contributed by atoms with E-state index < -0.39 is 27.5 Å². The van der Waals surface area contributed by atoms with Gasteiger partial charge >= 0.3 is 0 Å². The highest BCUT2D eigenvalue weighted by atomic mass is 31.2. The van der Waals surface area contributed by atoms with Crippen LogP contribution in [0.3, 0.4) is 0 Å². The van der Waals surface area contributed by atoms with E-state index in [9.17, 15) is 5.26 Å². The van der Waals surface area contributed by atoms with E-state index in [1.807, 2.05) is 176 Å². The van der Waals surface area contributed by atoms with Gasteiger partial charge in [0.15, 0.2) is 0 Å². The van der Waals surface area contributed by atoms with E-state index in [2.05, 4.69) is 13.8 Å². The third-order valence-corrected chi connectivity index (χ3v) is 20.4. The fraction of sp³-hybridized carbons (Fsp3) is 0.125. The van der Waals surface area contributed by atoms with Gasteiger partial charge in [0, 0.05) is 38.8 Å². The molecule has 0 saturated heterocycles. The van der Waals surface area contributed by atoms with Gasteiger partial charge in [-0.15, -0.1) is 5.26 Å². The molecule has 0 aliphatic carbocycles. The van der Waals surface area contributed by atoms with E-state index in [0.717, 1.165) is 44.5 Å². The summed E-state index contributed by atoms with van der Waals surface area (Å²) in [5.74, 6) is 2.27. The monoisotopic (exact) mass is 951 g/mol. The molecule has 3 unspecified atom stereocenters. The van der Waals surface area contributed by atoms with Crippen molar-refractivity contribution in [2.75, 3.05) is 7.11 Å². The van der Waals surface area contributed by atoms with Gasteiger partial charge in [-0.05, 0) is 70.3 Å². The molecule has 3 aliphatic heterocycles. The average molecular weight is 952 g/mol. The van der Waals surface area contributed by atoms with Crippen molar-refractivity contribution in [2.24, 2.45) is 0 Å². The van der Waals surface area contributed by atoms with Gasteiger partial charge in [-0.1, -0.05) is 147 Å². The van der Waals surface area contributed by atoms with Crippen molar-refractivity contribution in [1.29, 1.82) is 5.26 Å². The lowest BCUT2D eigenvalue weighted by Gasteiger charge is -2.33. The van der Waals surface area contributed by atoms with Crippen LogP contribution in [-0.4, -0.2) is 7.11 Å². The van der Waals surface area contributed by atoms with Gasteiger partial charge in [0.1, 0.15) is 28.7 Å². The molecule has 0 spiro atoms. The van der Waals surface area contributed by atoms with Crippen LogP contribution in [0.15, 0.2) is 176 Å². The highest BCUT2D eigenvalue weighted by Crippen LogP contribution is 2.61. The third-order valence-electron chi connectivity index (χ3n) is 13.3. The van der Waals surface area contributed by atoms with Crippen LogP contribution in [0.4, 0.5) is 0 Å². The summed E-state index contributed by atoms with van der Waals surface area (Å²) in [5, 5.41) is 11.6. The smallest absolute Gasteiger partial charge is 0.292 e. The van der Waals surface area contributed by atoms with E-state index in [4.69, 9.17) is 23.0 Å². The van der Waals surface area contributed by atoms with Crippen LogP contribution < -0.4 is 39.0 Å². The number of nitrogens with zero attached hydrogens (tertiary/aromatic N) is 1. The van der Waals surface area contributed by atoms with Crippen molar-refractivity contribution >= 4 is 38.0 Å². The van der Waals surface area contributed by atoms with Crippen molar-refractivity contribution in [3.63, 3.8) is 0 Å². The van der Waals surface area contributed by atoms with Crippen LogP contribution in [0, 0.1) is 11.5 Å². The van der Waals surface area contributed by atoms with Crippen LogP contribution >= 0.6 is 22.1 Å². The Morgan fingerprint density at radius 2 is 0.824 bits per heavy atom. The summed E-state index contributed by atoms with van der Waals surface area (Å²) in [5.41, 5.74) is 7.55. The number of hydrogen-bond donors (Lipinski definition) is 0. The zero-order valence-corrected chi connectivity index (χ0v) is 40.1. The third kappa shape index (κ3) is 7.27. The Bertz CT molecular complexity index is 3420. The Kier molecular flexibility index (Phi) is 10.6. The highest BCUT2D eigenvalue weighted by Gasteiger charge is 2.42. The van der Waals surface area contributed by atoms with Crippen molar-refractivity contribution in [2.45, 2.75) is 37.7 Å². The van der Waals surface area contributed by atoms with E-state index in [-0.39, 0.29) is 24.2 Å². The number of fused-ring (bicyclic) bond motifs is 9. The summed E-state index contributed by atoms with van der Waals surface area (Å²) in [6.45, 7) is 4.12. The van der Waals surface area contributed by atoms with Gasteiger partial charge < -0.3 is 23.0 Å². The minimum absolute atomic E-state index is 0.0371. The molecular weight excluding hydrogens is 908 g/mol. The Morgan fingerprint density at radius 3 is 1.22 bits per heavy atom. The van der Waals surface area contributed by atoms with Crippen molar-refractivity contribution in [1.82, 2.24) is 0 Å². The number of ether oxygens (including phenoxy) is 2. The Labute approximate surface area is 395 Å². The Balaban J connectivity index is 1.06. The van der Waals surface area contributed by atoms with Gasteiger partial charge in [-0.25, -0.2) is 0 Å². The first-order valence-electron chi connectivity index (χ1n) is 22.2. The zero-order chi connectivity index (χ0) is 46.8. The summed E-state index contributed by atoms with van der Waals surface area (Å²) in [6, 6.07) is 55.1. The zero-order valence-electron chi connectivity index (χ0n) is 37.4. The highest BCUT2D eigenvalue weighted by molar-refractivity contribution is 7.67. The normalized spacial score (nSPS) is 19.4. The van der Waals surface area contributed by atoms with Crippen LogP contribution in [0.5, 0.6) is 28.7 Å². The fourth-order valence-corrected chi connectivity index (χ4v) is 17.1. The average Bonchev–Trinajstić information content (AvgIpc) is 3.35. The lowest BCUT2D eigenvalue weighted by atomic mass is 9.76. The topological polar surface area (TPSA) is 121 Å². The standard InChI is InChI=1S/C56H44NO8P3/c1-56(2,40-28-29-48(62-36-57)37(30-40)33-66(58)52-25-13-7-19-45(52)42-16-4-10-22-49(42)63-66)41-31-38(34-67(59)53-26-14-8-20-46(53)43-17-5-11-23-50(43)64-67)55(61-3)39(32-41)35-68(60)54-27-15-9-21-47(54)44-18-6-12-24-51(44)65-68/h4-32H,33-35H2,1-3H3. The maximum atomic E-state index is 15.6. The molecule has 336 valence electrons. The quantitative estimate of drug-likeness (QED) is 0.0974. The van der Waals surface area contributed by atoms with Gasteiger partial charge in [0.25, 0.3) is 28.4 Å². The molecule has 9 nitrogen and oxygen atoms in total. The van der Waals surface area contributed by atoms with E-state index in [1.54, 1.807) is 13.2 Å². The predicted molar refractivity (Wildman–Crippen MR) is 268 cm³/mol. The second kappa shape index (κ2) is 16.6. The lowest BCUT2D eigenvalue weighted by molar-refractivity contribution is 0.404. The summed E-state index contributed by atoms with van der Waals surface area (Å²) >= 11 is 0. The SMILES string of the molecule is COc1c(CP2(=O)Oc3ccccc3-c3ccccc32)cc(C(C)(C)c2ccc(OC#N)c(CP3(=O)Oc4ccccc4-c4ccccc43)c2)cc1CP1(=O)Oc2ccccc2-c2ccccc21. The first-order valence-corrected chi connectivity index (χ1v) is 27.7. The van der Waals surface area contributed by atoms with Crippen LogP contribution in [-0.2, 0) is 37.6 Å². The molecule has 3 aliphatic rings. The Hall–Kier alpha value is -7.06. The van der Waals surface area contributed by atoms with Gasteiger partial charge in [-0.3, -0.25) is 13.7 Å². The number of benzene rings is 8. The minimum Gasteiger partial charge on any atom is -0.496 e. The molecule has 0 aromatic heterocycles. The molecule has 11 rings (SSSR count). The summed E-state index contributed by atoms with van der Waals surface area (Å²) < 4.78 is 78.0. The summed E-state index contributed by atoms with van der Waals surface area (Å²) in [4.78, 5) is 0. The Morgan fingerprint density at radius 1 is 0.471 bits per heavy atom. The molecule has 8 aromatic rings. The van der Waals surface area contributed by atoms with Gasteiger partial charge in [0.05, 0.1) is 41.5 Å². The number of nitriles is 1. The molecular formula is C56H44NO8P3. The van der Waals surface area contributed by atoms with E-state index >= 15 is 13.7 Å². The van der Waals surface area contributed by atoms with Crippen molar-refractivity contribution < 1.29 is 36.7 Å². The van der Waals surface area contributed by atoms with Crippen molar-refractivity contribution in [3.05, 3.63) is 204 Å². The number of methoxy groups -OCH3 is 1. The maximum absolute atomic E-state index is 15.6.